The molecule has 2 aromatic carbocycles. The fourth-order valence-electron chi connectivity index (χ4n) is 6.11. The first-order valence-corrected chi connectivity index (χ1v) is 16.8. The largest absolute Gasteiger partial charge is 0.448 e. The van der Waals surface area contributed by atoms with Crippen molar-refractivity contribution in [3.05, 3.63) is 123 Å². The first kappa shape index (κ1) is 32.1. The van der Waals surface area contributed by atoms with E-state index in [2.05, 4.69) is 15.6 Å². The molecule has 3 aliphatic heterocycles. The minimum absolute atomic E-state index is 0.0617. The third-order valence-electron chi connectivity index (χ3n) is 8.08. The predicted octanol–water partition coefficient (Wildman–Crippen LogP) is 3.53. The number of amides is 2. The second-order valence-corrected chi connectivity index (χ2v) is 14.1. The number of benzene rings is 2. The van der Waals surface area contributed by atoms with Gasteiger partial charge in [0, 0.05) is 24.4 Å². The van der Waals surface area contributed by atoms with E-state index < -0.39 is 51.9 Å². The number of alkyl carbamates (subject to hydrolysis) is 1. The van der Waals surface area contributed by atoms with Gasteiger partial charge in [0.1, 0.15) is 22.7 Å². The highest BCUT2D eigenvalue weighted by atomic mass is 32.2. The van der Waals surface area contributed by atoms with Gasteiger partial charge >= 0.3 is 12.1 Å². The van der Waals surface area contributed by atoms with Crippen LogP contribution in [0, 0.1) is 0 Å². The van der Waals surface area contributed by atoms with Crippen molar-refractivity contribution >= 4 is 34.3 Å². The maximum absolute atomic E-state index is 14.6. The Kier molecular flexibility index (Phi) is 8.98. The van der Waals surface area contributed by atoms with Crippen LogP contribution in [0.3, 0.4) is 0 Å². The fraction of sp³-hybridized carbons (Fsp3) is 0.314. The molecule has 244 valence electrons. The smallest absolute Gasteiger partial charge is 0.408 e. The van der Waals surface area contributed by atoms with E-state index in [0.717, 1.165) is 16.7 Å². The van der Waals surface area contributed by atoms with Gasteiger partial charge in [-0.05, 0) is 67.6 Å². The van der Waals surface area contributed by atoms with Crippen LogP contribution in [0.1, 0.15) is 50.0 Å². The predicted molar refractivity (Wildman–Crippen MR) is 176 cm³/mol. The van der Waals surface area contributed by atoms with Gasteiger partial charge in [-0.15, -0.1) is 0 Å². The Morgan fingerprint density at radius 1 is 1.00 bits per heavy atom. The van der Waals surface area contributed by atoms with Crippen LogP contribution >= 0.6 is 0 Å². The third-order valence-corrected chi connectivity index (χ3v) is 9.68. The number of nitrogens with zero attached hydrogens (tertiary/aromatic N) is 1. The van der Waals surface area contributed by atoms with E-state index in [4.69, 9.17) is 9.47 Å². The van der Waals surface area contributed by atoms with Crippen molar-refractivity contribution in [3.63, 3.8) is 0 Å². The van der Waals surface area contributed by atoms with Gasteiger partial charge in [-0.25, -0.2) is 9.59 Å². The summed E-state index contributed by atoms with van der Waals surface area (Å²) >= 11 is 0. The van der Waals surface area contributed by atoms with Crippen molar-refractivity contribution in [2.75, 3.05) is 18.8 Å². The normalized spacial score (nSPS) is 22.0. The van der Waals surface area contributed by atoms with Crippen molar-refractivity contribution in [2.24, 2.45) is 0 Å². The Balaban J connectivity index is 1.48. The number of aromatic nitrogens is 1. The topological polar surface area (TPSA) is 147 Å². The molecule has 0 spiro atoms. The number of carbonyl (C=O) groups is 3. The van der Waals surface area contributed by atoms with Crippen LogP contribution in [-0.4, -0.2) is 67.9 Å². The van der Waals surface area contributed by atoms with E-state index in [-0.39, 0.29) is 17.0 Å². The number of rotatable bonds is 7. The molecule has 3 atom stereocenters. The SMILES string of the molecule is CC(C)(C)OC(=O)N[C@@H]1C(=O)N2C(C(=O)OC(c3ccccc3)c3ccccc3)=C(/C(=C3\CCNC3)c3cc[nH]c(=O)c3)C[S@](=O)[C@H]12. The average molecular weight is 657 g/mol. The molecular formula is C35H36N4O7S. The van der Waals surface area contributed by atoms with Gasteiger partial charge in [-0.3, -0.25) is 18.7 Å². The summed E-state index contributed by atoms with van der Waals surface area (Å²) in [5, 5.41) is 4.82. The molecule has 1 aromatic heterocycles. The second-order valence-electron chi connectivity index (χ2n) is 12.5. The summed E-state index contributed by atoms with van der Waals surface area (Å²) in [7, 11) is -1.74. The second kappa shape index (κ2) is 13.1. The van der Waals surface area contributed by atoms with Gasteiger partial charge in [-0.2, -0.15) is 0 Å². The molecule has 4 heterocycles. The molecule has 0 radical (unpaired) electrons. The lowest BCUT2D eigenvalue weighted by atomic mass is 9.90. The number of carbonyl (C=O) groups excluding carboxylic acids is 3. The highest BCUT2D eigenvalue weighted by Crippen LogP contribution is 2.42. The standard InChI is InChI=1S/C35H36N4O7S/c1-35(2,3)46-34(43)38-28-31(41)39-29(33(42)45-30(21-10-6-4-7-11-21)22-12-8-5-9-13-22)25(20-47(44)32(28)39)27(24-14-16-36-19-24)23-15-17-37-26(40)18-23/h4-13,15,17-18,28,30,32,36H,14,16,19-20H2,1-3H3,(H,37,40)(H,38,43)/b27-24+/t28-,32-,47+/m1/s1. The Morgan fingerprint density at radius 2 is 1.66 bits per heavy atom. The first-order chi connectivity index (χ1) is 22.5. The molecule has 3 aromatic rings. The van der Waals surface area contributed by atoms with Gasteiger partial charge in [0.2, 0.25) is 5.56 Å². The quantitative estimate of drug-likeness (QED) is 0.259. The first-order valence-electron chi connectivity index (χ1n) is 15.4. The zero-order valence-electron chi connectivity index (χ0n) is 26.3. The Labute approximate surface area is 274 Å². The van der Waals surface area contributed by atoms with Gasteiger partial charge in [-0.1, -0.05) is 60.7 Å². The fourth-order valence-corrected chi connectivity index (χ4v) is 7.78. The molecule has 11 nitrogen and oxygen atoms in total. The van der Waals surface area contributed by atoms with E-state index in [9.17, 15) is 23.4 Å². The number of pyridine rings is 1. The molecule has 0 saturated carbocycles. The highest BCUT2D eigenvalue weighted by Gasteiger charge is 2.58. The van der Waals surface area contributed by atoms with E-state index >= 15 is 0 Å². The lowest BCUT2D eigenvalue weighted by molar-refractivity contribution is -0.153. The number of fused-ring (bicyclic) bond motifs is 1. The van der Waals surface area contributed by atoms with Crippen LogP contribution in [0.5, 0.6) is 0 Å². The zero-order chi connectivity index (χ0) is 33.3. The summed E-state index contributed by atoms with van der Waals surface area (Å²) in [4.78, 5) is 57.4. The van der Waals surface area contributed by atoms with Gasteiger partial charge in [0.05, 0.1) is 16.6 Å². The van der Waals surface area contributed by atoms with Crippen LogP contribution in [0.2, 0.25) is 0 Å². The minimum Gasteiger partial charge on any atom is -0.448 e. The molecule has 12 heteroatoms. The summed E-state index contributed by atoms with van der Waals surface area (Å²) in [6, 6.07) is 20.5. The molecule has 0 aliphatic carbocycles. The van der Waals surface area contributed by atoms with Crippen molar-refractivity contribution in [1.29, 1.82) is 0 Å². The molecule has 3 N–H and O–H groups in total. The average Bonchev–Trinajstić information content (AvgIpc) is 3.57. The third kappa shape index (κ3) is 6.70. The minimum atomic E-state index is -1.74. The summed E-state index contributed by atoms with van der Waals surface area (Å²) < 4.78 is 25.6. The number of allylic oxidation sites excluding steroid dienone is 1. The van der Waals surface area contributed by atoms with Gasteiger partial charge in [0.25, 0.3) is 5.91 Å². The van der Waals surface area contributed by atoms with Crippen LogP contribution in [-0.2, 0) is 29.9 Å². The number of hydrogen-bond donors (Lipinski definition) is 3. The molecule has 3 aliphatic rings. The van der Waals surface area contributed by atoms with Crippen LogP contribution in [0.15, 0.2) is 101 Å². The molecular weight excluding hydrogens is 620 g/mol. The monoisotopic (exact) mass is 656 g/mol. The summed E-state index contributed by atoms with van der Waals surface area (Å²) in [5.41, 5.74) is 2.57. The molecule has 6 rings (SSSR count). The number of ether oxygens (including phenoxy) is 2. The molecule has 2 saturated heterocycles. The number of β-lactam (4-membered cyclic amide) rings is 1. The lowest BCUT2D eigenvalue weighted by Gasteiger charge is -2.49. The van der Waals surface area contributed by atoms with E-state index in [1.807, 2.05) is 60.7 Å². The molecule has 47 heavy (non-hydrogen) atoms. The van der Waals surface area contributed by atoms with Crippen molar-refractivity contribution < 1.29 is 28.1 Å². The van der Waals surface area contributed by atoms with E-state index in [1.54, 1.807) is 26.8 Å². The number of nitrogens with one attached hydrogen (secondary N) is 3. The molecule has 0 unspecified atom stereocenters. The van der Waals surface area contributed by atoms with Crippen LogP contribution < -0.4 is 16.2 Å². The van der Waals surface area contributed by atoms with Crippen molar-refractivity contribution in [3.8, 4) is 0 Å². The van der Waals surface area contributed by atoms with Gasteiger partial charge in [0.15, 0.2) is 6.10 Å². The maximum atomic E-state index is 14.6. The Hall–Kier alpha value is -4.81. The Bertz CT molecular complexity index is 1800. The van der Waals surface area contributed by atoms with Crippen LogP contribution in [0.4, 0.5) is 4.79 Å². The summed E-state index contributed by atoms with van der Waals surface area (Å²) in [6.07, 6.45) is 0.485. The van der Waals surface area contributed by atoms with Gasteiger partial charge < -0.3 is 25.1 Å². The summed E-state index contributed by atoms with van der Waals surface area (Å²) in [5.74, 6) is -1.52. The highest BCUT2D eigenvalue weighted by molar-refractivity contribution is 7.86. The zero-order valence-corrected chi connectivity index (χ0v) is 27.1. The lowest BCUT2D eigenvalue weighted by Crippen LogP contribution is -2.73. The Morgan fingerprint density at radius 3 is 2.23 bits per heavy atom. The number of esters is 1. The maximum Gasteiger partial charge on any atom is 0.408 e. The molecule has 0 bridgehead atoms. The number of aromatic amines is 1. The molecule has 2 fully saturated rings. The van der Waals surface area contributed by atoms with Crippen molar-refractivity contribution in [1.82, 2.24) is 20.5 Å². The number of hydrogen-bond acceptors (Lipinski definition) is 8. The molecule has 2 amide bonds. The van der Waals surface area contributed by atoms with Crippen LogP contribution in [0.25, 0.3) is 5.57 Å². The number of H-pyrrole nitrogens is 1. The summed E-state index contributed by atoms with van der Waals surface area (Å²) in [6.45, 7) is 6.25. The van der Waals surface area contributed by atoms with Crippen molar-refractivity contribution in [2.45, 2.75) is 50.3 Å². The van der Waals surface area contributed by atoms with E-state index in [1.165, 1.54) is 17.2 Å². The van der Waals surface area contributed by atoms with E-state index in [0.29, 0.717) is 36.2 Å².